The molecule has 1 aliphatic rings. The highest BCUT2D eigenvalue weighted by Crippen LogP contribution is 2.21. The van der Waals surface area contributed by atoms with Crippen LogP contribution in [-0.4, -0.2) is 34.1 Å². The van der Waals surface area contributed by atoms with Gasteiger partial charge in [-0.1, -0.05) is 6.07 Å². The zero-order valence-electron chi connectivity index (χ0n) is 12.0. The van der Waals surface area contributed by atoms with E-state index in [4.69, 9.17) is 4.74 Å². The lowest BCUT2D eigenvalue weighted by Crippen LogP contribution is -2.25. The first-order chi connectivity index (χ1) is 10.2. The van der Waals surface area contributed by atoms with Crippen LogP contribution in [0.4, 0.5) is 0 Å². The van der Waals surface area contributed by atoms with Crippen molar-refractivity contribution in [1.82, 2.24) is 14.9 Å². The van der Waals surface area contributed by atoms with Gasteiger partial charge in [0.1, 0.15) is 11.9 Å². The van der Waals surface area contributed by atoms with Crippen molar-refractivity contribution in [2.75, 3.05) is 13.1 Å². The quantitative estimate of drug-likeness (QED) is 0.851. The zero-order valence-corrected chi connectivity index (χ0v) is 13.6. The van der Waals surface area contributed by atoms with Gasteiger partial charge in [-0.25, -0.2) is 0 Å². The van der Waals surface area contributed by atoms with E-state index in [-0.39, 0.29) is 6.10 Å². The fraction of sp³-hybridized carbons (Fsp3) is 0.375. The number of rotatable bonds is 4. The molecule has 0 spiro atoms. The summed E-state index contributed by atoms with van der Waals surface area (Å²) in [5.41, 5.74) is 2.19. The Morgan fingerprint density at radius 2 is 2.29 bits per heavy atom. The normalized spacial score (nSPS) is 18.9. The molecule has 1 fully saturated rings. The number of aryl methyl sites for hydroxylation is 1. The van der Waals surface area contributed by atoms with Crippen LogP contribution in [0.3, 0.4) is 0 Å². The summed E-state index contributed by atoms with van der Waals surface area (Å²) in [5.74, 6) is 0.824. The third-order valence-electron chi connectivity index (χ3n) is 3.54. The summed E-state index contributed by atoms with van der Waals surface area (Å²) in [6, 6.07) is 8.13. The van der Waals surface area contributed by atoms with Gasteiger partial charge in [-0.15, -0.1) is 0 Å². The lowest BCUT2D eigenvalue weighted by Gasteiger charge is -2.16. The summed E-state index contributed by atoms with van der Waals surface area (Å²) in [6.07, 6.45) is 4.79. The van der Waals surface area contributed by atoms with Crippen LogP contribution in [-0.2, 0) is 6.54 Å². The summed E-state index contributed by atoms with van der Waals surface area (Å²) >= 11 is 3.41. The third kappa shape index (κ3) is 4.02. The first kappa shape index (κ1) is 14.5. The van der Waals surface area contributed by atoms with Crippen molar-refractivity contribution in [1.29, 1.82) is 0 Å². The lowest BCUT2D eigenvalue weighted by atomic mass is 10.3. The van der Waals surface area contributed by atoms with Gasteiger partial charge in [-0.05, 0) is 47.5 Å². The van der Waals surface area contributed by atoms with E-state index in [1.807, 2.05) is 19.1 Å². The van der Waals surface area contributed by atoms with Crippen LogP contribution in [0.15, 0.2) is 41.1 Å². The number of halogens is 1. The van der Waals surface area contributed by atoms with E-state index < -0.39 is 0 Å². The van der Waals surface area contributed by atoms with E-state index in [0.717, 1.165) is 47.7 Å². The summed E-state index contributed by atoms with van der Waals surface area (Å²) in [7, 11) is 0. The standard InChI is InChI=1S/C16H18BrN3O/c1-12-3-2-4-14(19-12)10-20-6-5-15(11-20)21-16-7-13(17)8-18-9-16/h2-4,7-9,15H,5-6,10-11H2,1H3/t15-/m0/s1. The van der Waals surface area contributed by atoms with Crippen LogP contribution < -0.4 is 4.74 Å². The van der Waals surface area contributed by atoms with Crippen molar-refractivity contribution in [3.05, 3.63) is 52.5 Å². The minimum Gasteiger partial charge on any atom is -0.487 e. The van der Waals surface area contributed by atoms with Crippen LogP contribution in [0.1, 0.15) is 17.8 Å². The van der Waals surface area contributed by atoms with Crippen molar-refractivity contribution in [3.63, 3.8) is 0 Å². The molecule has 21 heavy (non-hydrogen) atoms. The predicted molar refractivity (Wildman–Crippen MR) is 85.2 cm³/mol. The van der Waals surface area contributed by atoms with E-state index in [2.05, 4.69) is 42.9 Å². The SMILES string of the molecule is Cc1cccc(CN2CC[C@H](Oc3cncc(Br)c3)C2)n1. The molecule has 3 heterocycles. The maximum Gasteiger partial charge on any atom is 0.139 e. The van der Waals surface area contributed by atoms with Crippen molar-refractivity contribution in [3.8, 4) is 5.75 Å². The van der Waals surface area contributed by atoms with Gasteiger partial charge < -0.3 is 4.74 Å². The molecular formula is C16H18BrN3O. The van der Waals surface area contributed by atoms with Crippen LogP contribution in [0.25, 0.3) is 0 Å². The zero-order chi connectivity index (χ0) is 14.7. The van der Waals surface area contributed by atoms with Gasteiger partial charge in [-0.2, -0.15) is 0 Å². The highest BCUT2D eigenvalue weighted by atomic mass is 79.9. The number of hydrogen-bond donors (Lipinski definition) is 0. The maximum atomic E-state index is 5.99. The van der Waals surface area contributed by atoms with Gasteiger partial charge in [0.15, 0.2) is 0 Å². The first-order valence-corrected chi connectivity index (χ1v) is 7.90. The topological polar surface area (TPSA) is 38.2 Å². The van der Waals surface area contributed by atoms with Gasteiger partial charge in [0.2, 0.25) is 0 Å². The molecule has 0 bridgehead atoms. The molecule has 0 radical (unpaired) electrons. The molecule has 0 unspecified atom stereocenters. The number of ether oxygens (including phenoxy) is 1. The largest absolute Gasteiger partial charge is 0.487 e. The van der Waals surface area contributed by atoms with Crippen LogP contribution in [0.2, 0.25) is 0 Å². The Labute approximate surface area is 133 Å². The molecule has 3 rings (SSSR count). The van der Waals surface area contributed by atoms with Crippen molar-refractivity contribution in [2.45, 2.75) is 26.0 Å². The smallest absolute Gasteiger partial charge is 0.139 e. The predicted octanol–water partition coefficient (Wildman–Crippen LogP) is 3.20. The van der Waals surface area contributed by atoms with Gasteiger partial charge in [-0.3, -0.25) is 14.9 Å². The van der Waals surface area contributed by atoms with E-state index >= 15 is 0 Å². The summed E-state index contributed by atoms with van der Waals surface area (Å²) in [4.78, 5) is 11.1. The van der Waals surface area contributed by atoms with Crippen molar-refractivity contribution >= 4 is 15.9 Å². The Kier molecular flexibility index (Phi) is 4.51. The summed E-state index contributed by atoms with van der Waals surface area (Å²) in [5, 5.41) is 0. The summed E-state index contributed by atoms with van der Waals surface area (Å²) < 4.78 is 6.94. The number of nitrogens with zero attached hydrogens (tertiary/aromatic N) is 3. The maximum absolute atomic E-state index is 5.99. The average Bonchev–Trinajstić information content (AvgIpc) is 2.86. The van der Waals surface area contributed by atoms with Crippen LogP contribution >= 0.6 is 15.9 Å². The molecule has 4 nitrogen and oxygen atoms in total. The number of aromatic nitrogens is 2. The Morgan fingerprint density at radius 1 is 1.38 bits per heavy atom. The Balaban J connectivity index is 1.56. The molecule has 1 saturated heterocycles. The Hall–Kier alpha value is -1.46. The van der Waals surface area contributed by atoms with Crippen molar-refractivity contribution in [2.24, 2.45) is 0 Å². The number of hydrogen-bond acceptors (Lipinski definition) is 4. The van der Waals surface area contributed by atoms with Gasteiger partial charge in [0.25, 0.3) is 0 Å². The third-order valence-corrected chi connectivity index (χ3v) is 3.98. The minimum absolute atomic E-state index is 0.228. The molecular weight excluding hydrogens is 330 g/mol. The highest BCUT2D eigenvalue weighted by molar-refractivity contribution is 9.10. The van der Waals surface area contributed by atoms with E-state index in [1.54, 1.807) is 12.4 Å². The van der Waals surface area contributed by atoms with Gasteiger partial charge in [0, 0.05) is 36.0 Å². The van der Waals surface area contributed by atoms with E-state index in [0.29, 0.717) is 0 Å². The molecule has 0 amide bonds. The van der Waals surface area contributed by atoms with Crippen molar-refractivity contribution < 1.29 is 4.74 Å². The fourth-order valence-electron chi connectivity index (χ4n) is 2.60. The number of likely N-dealkylation sites (tertiary alicyclic amines) is 1. The average molecular weight is 348 g/mol. The van der Waals surface area contributed by atoms with Crippen LogP contribution in [0.5, 0.6) is 5.75 Å². The molecule has 2 aromatic rings. The van der Waals surface area contributed by atoms with Crippen LogP contribution in [0, 0.1) is 6.92 Å². The first-order valence-electron chi connectivity index (χ1n) is 7.11. The second-order valence-electron chi connectivity index (χ2n) is 5.37. The second kappa shape index (κ2) is 6.54. The monoisotopic (exact) mass is 347 g/mol. The molecule has 1 atom stereocenters. The van der Waals surface area contributed by atoms with Gasteiger partial charge >= 0.3 is 0 Å². The van der Waals surface area contributed by atoms with E-state index in [9.17, 15) is 0 Å². The Morgan fingerprint density at radius 3 is 3.10 bits per heavy atom. The Bertz CT molecular complexity index is 566. The molecule has 0 saturated carbocycles. The summed E-state index contributed by atoms with van der Waals surface area (Å²) in [6.45, 7) is 4.89. The second-order valence-corrected chi connectivity index (χ2v) is 6.29. The minimum atomic E-state index is 0.228. The fourth-order valence-corrected chi connectivity index (χ4v) is 2.95. The van der Waals surface area contributed by atoms with E-state index in [1.165, 1.54) is 0 Å². The molecule has 5 heteroatoms. The lowest BCUT2D eigenvalue weighted by molar-refractivity contribution is 0.197. The molecule has 1 aliphatic heterocycles. The molecule has 0 aromatic carbocycles. The molecule has 2 aromatic heterocycles. The molecule has 0 N–H and O–H groups in total. The molecule has 110 valence electrons. The highest BCUT2D eigenvalue weighted by Gasteiger charge is 2.24. The number of pyridine rings is 2. The van der Waals surface area contributed by atoms with Gasteiger partial charge in [0.05, 0.1) is 11.9 Å². The molecule has 0 aliphatic carbocycles.